The van der Waals surface area contributed by atoms with E-state index in [0.717, 1.165) is 35.1 Å². The standard InChI is InChI=1S/C31H38N2O6/c1-31(2,3)39-29(36)32-16-8-9-22(18-32)33(21-15-14-20(17-21)28(34)35)30(37)38-19-27-25-12-6-4-10-23(25)24-11-5-7-13-26(24)27/h4-7,10-13,20-22,27H,8-9,14-19H2,1-3H3,(H,34,35)/t20-,21+,22?/m0/s1. The molecule has 1 unspecified atom stereocenters. The number of carbonyl (C=O) groups excluding carboxylic acids is 2. The molecular formula is C31H38N2O6. The van der Waals surface area contributed by atoms with Crippen molar-refractivity contribution in [3.05, 3.63) is 59.7 Å². The van der Waals surface area contributed by atoms with Crippen LogP contribution in [0.1, 0.15) is 69.9 Å². The van der Waals surface area contributed by atoms with E-state index in [1.807, 2.05) is 45.0 Å². The van der Waals surface area contributed by atoms with Gasteiger partial charge in [-0.25, -0.2) is 9.59 Å². The van der Waals surface area contributed by atoms with Crippen molar-refractivity contribution < 1.29 is 29.0 Å². The van der Waals surface area contributed by atoms with Crippen LogP contribution in [0.4, 0.5) is 9.59 Å². The molecule has 0 radical (unpaired) electrons. The number of likely N-dealkylation sites (tertiary alicyclic amines) is 1. The Labute approximate surface area is 229 Å². The van der Waals surface area contributed by atoms with E-state index in [1.54, 1.807) is 9.80 Å². The third-order valence-corrected chi connectivity index (χ3v) is 8.14. The highest BCUT2D eigenvalue weighted by Crippen LogP contribution is 2.44. The zero-order valence-electron chi connectivity index (χ0n) is 23.0. The lowest BCUT2D eigenvalue weighted by atomic mass is 9.98. The molecule has 39 heavy (non-hydrogen) atoms. The summed E-state index contributed by atoms with van der Waals surface area (Å²) in [7, 11) is 0. The molecular weight excluding hydrogens is 496 g/mol. The van der Waals surface area contributed by atoms with Crippen LogP contribution in [0.15, 0.2) is 48.5 Å². The summed E-state index contributed by atoms with van der Waals surface area (Å²) < 4.78 is 11.6. The maximum atomic E-state index is 13.8. The lowest BCUT2D eigenvalue weighted by Crippen LogP contribution is -2.55. The first-order valence-electron chi connectivity index (χ1n) is 14.0. The van der Waals surface area contributed by atoms with Gasteiger partial charge in [0.25, 0.3) is 0 Å². The fourth-order valence-electron chi connectivity index (χ4n) is 6.37. The number of rotatable bonds is 5. The van der Waals surface area contributed by atoms with Crippen molar-refractivity contribution >= 4 is 18.2 Å². The van der Waals surface area contributed by atoms with E-state index < -0.39 is 29.7 Å². The van der Waals surface area contributed by atoms with Crippen LogP contribution >= 0.6 is 0 Å². The quantitative estimate of drug-likeness (QED) is 0.514. The molecule has 8 nitrogen and oxygen atoms in total. The predicted octanol–water partition coefficient (Wildman–Crippen LogP) is 5.89. The Morgan fingerprint density at radius 2 is 1.59 bits per heavy atom. The molecule has 208 valence electrons. The third-order valence-electron chi connectivity index (χ3n) is 8.14. The summed E-state index contributed by atoms with van der Waals surface area (Å²) in [5.74, 6) is -1.38. The van der Waals surface area contributed by atoms with Crippen LogP contribution in [0.3, 0.4) is 0 Å². The highest BCUT2D eigenvalue weighted by Gasteiger charge is 2.42. The zero-order valence-corrected chi connectivity index (χ0v) is 23.0. The number of hydrogen-bond acceptors (Lipinski definition) is 5. The first-order valence-corrected chi connectivity index (χ1v) is 14.0. The topological polar surface area (TPSA) is 96.4 Å². The summed E-state index contributed by atoms with van der Waals surface area (Å²) in [4.78, 5) is 41.8. The van der Waals surface area contributed by atoms with Gasteiger partial charge in [-0.2, -0.15) is 0 Å². The van der Waals surface area contributed by atoms with Crippen LogP contribution in [0.5, 0.6) is 0 Å². The molecule has 2 aromatic carbocycles. The van der Waals surface area contributed by atoms with Gasteiger partial charge < -0.3 is 24.4 Å². The van der Waals surface area contributed by atoms with Crippen molar-refractivity contribution in [3.8, 4) is 11.1 Å². The monoisotopic (exact) mass is 534 g/mol. The largest absolute Gasteiger partial charge is 0.481 e. The van der Waals surface area contributed by atoms with Gasteiger partial charge in [-0.3, -0.25) is 4.79 Å². The van der Waals surface area contributed by atoms with Gasteiger partial charge in [0, 0.05) is 25.0 Å². The summed E-state index contributed by atoms with van der Waals surface area (Å²) in [6.45, 7) is 6.60. The van der Waals surface area contributed by atoms with Gasteiger partial charge in [0.15, 0.2) is 0 Å². The zero-order chi connectivity index (χ0) is 27.7. The Morgan fingerprint density at radius 3 is 2.18 bits per heavy atom. The average molecular weight is 535 g/mol. The first-order chi connectivity index (χ1) is 18.6. The van der Waals surface area contributed by atoms with E-state index in [-0.39, 0.29) is 24.6 Å². The maximum absolute atomic E-state index is 13.8. The molecule has 3 aliphatic rings. The lowest BCUT2D eigenvalue weighted by Gasteiger charge is -2.41. The van der Waals surface area contributed by atoms with Crippen LogP contribution in [-0.4, -0.2) is 70.4 Å². The lowest BCUT2D eigenvalue weighted by molar-refractivity contribution is -0.141. The minimum Gasteiger partial charge on any atom is -0.481 e. The number of hydrogen-bond donors (Lipinski definition) is 1. The number of fused-ring (bicyclic) bond motifs is 3. The van der Waals surface area contributed by atoms with Crippen molar-refractivity contribution in [2.45, 2.75) is 76.5 Å². The molecule has 2 aromatic rings. The van der Waals surface area contributed by atoms with E-state index in [9.17, 15) is 19.5 Å². The second-order valence-corrected chi connectivity index (χ2v) is 11.9. The minimum absolute atomic E-state index is 0.0665. The number of aliphatic carboxylic acids is 1. The molecule has 3 atom stereocenters. The molecule has 8 heteroatoms. The number of ether oxygens (including phenoxy) is 2. The Kier molecular flexibility index (Phi) is 7.56. The fraction of sp³-hybridized carbons (Fsp3) is 0.516. The molecule has 2 amide bonds. The van der Waals surface area contributed by atoms with Gasteiger partial charge in [-0.05, 0) is 75.1 Å². The van der Waals surface area contributed by atoms with Crippen molar-refractivity contribution in [2.24, 2.45) is 5.92 Å². The number of carboxylic acids is 1. The smallest absolute Gasteiger partial charge is 0.410 e. The molecule has 0 spiro atoms. The van der Waals surface area contributed by atoms with E-state index in [2.05, 4.69) is 24.3 Å². The molecule has 0 bridgehead atoms. The third kappa shape index (κ3) is 5.75. The SMILES string of the molecule is CC(C)(C)OC(=O)N1CCCC(N(C(=O)OCC2c3ccccc3-c3ccccc32)[C@@H]2CC[C@H](C(=O)O)C2)C1. The number of nitrogens with zero attached hydrogens (tertiary/aromatic N) is 2. The summed E-state index contributed by atoms with van der Waals surface area (Å²) in [5.41, 5.74) is 3.98. The van der Waals surface area contributed by atoms with Crippen LogP contribution < -0.4 is 0 Å². The van der Waals surface area contributed by atoms with Gasteiger partial charge >= 0.3 is 18.2 Å². The number of carboxylic acid groups (broad SMARTS) is 1. The normalized spacial score (nSPS) is 22.6. The summed E-state index contributed by atoms with van der Waals surface area (Å²) in [5, 5.41) is 9.61. The molecule has 1 heterocycles. The van der Waals surface area contributed by atoms with Gasteiger partial charge in [0.2, 0.25) is 0 Å². The van der Waals surface area contributed by atoms with Crippen LogP contribution in [0, 0.1) is 5.92 Å². The fourth-order valence-corrected chi connectivity index (χ4v) is 6.37. The molecule has 0 aromatic heterocycles. The van der Waals surface area contributed by atoms with E-state index in [4.69, 9.17) is 9.47 Å². The van der Waals surface area contributed by atoms with Gasteiger partial charge in [-0.15, -0.1) is 0 Å². The Balaban J connectivity index is 1.35. The number of piperidine rings is 1. The molecule has 2 aliphatic carbocycles. The number of benzene rings is 2. The number of carbonyl (C=O) groups is 3. The minimum atomic E-state index is -0.830. The highest BCUT2D eigenvalue weighted by atomic mass is 16.6. The first kappa shape index (κ1) is 27.0. The maximum Gasteiger partial charge on any atom is 0.410 e. The van der Waals surface area contributed by atoms with Crippen molar-refractivity contribution in [1.82, 2.24) is 9.80 Å². The number of amides is 2. The summed E-state index contributed by atoms with van der Waals surface area (Å²) >= 11 is 0. The Morgan fingerprint density at radius 1 is 0.949 bits per heavy atom. The van der Waals surface area contributed by atoms with Gasteiger partial charge in [0.1, 0.15) is 12.2 Å². The highest BCUT2D eigenvalue weighted by molar-refractivity contribution is 5.79. The molecule has 1 saturated carbocycles. The summed E-state index contributed by atoms with van der Waals surface area (Å²) in [6.07, 6.45) is 2.13. The van der Waals surface area contributed by atoms with Gasteiger partial charge in [-0.1, -0.05) is 48.5 Å². The van der Waals surface area contributed by atoms with Crippen LogP contribution in [0.25, 0.3) is 11.1 Å². The van der Waals surface area contributed by atoms with Crippen molar-refractivity contribution in [2.75, 3.05) is 19.7 Å². The van der Waals surface area contributed by atoms with Crippen molar-refractivity contribution in [1.29, 1.82) is 0 Å². The van der Waals surface area contributed by atoms with E-state index in [1.165, 1.54) is 0 Å². The predicted molar refractivity (Wildman–Crippen MR) is 147 cm³/mol. The van der Waals surface area contributed by atoms with Gasteiger partial charge in [0.05, 0.1) is 12.0 Å². The Hall–Kier alpha value is -3.55. The van der Waals surface area contributed by atoms with Crippen LogP contribution in [0.2, 0.25) is 0 Å². The molecule has 1 aliphatic heterocycles. The molecule has 5 rings (SSSR count). The van der Waals surface area contributed by atoms with Crippen molar-refractivity contribution in [3.63, 3.8) is 0 Å². The molecule has 1 saturated heterocycles. The average Bonchev–Trinajstić information content (AvgIpc) is 3.50. The molecule has 2 fully saturated rings. The van der Waals surface area contributed by atoms with E-state index in [0.29, 0.717) is 32.4 Å². The summed E-state index contributed by atoms with van der Waals surface area (Å²) in [6, 6.07) is 15.9. The second-order valence-electron chi connectivity index (χ2n) is 11.9. The van der Waals surface area contributed by atoms with Crippen LogP contribution in [-0.2, 0) is 14.3 Å². The van der Waals surface area contributed by atoms with E-state index >= 15 is 0 Å². The Bertz CT molecular complexity index is 1190. The second kappa shape index (κ2) is 10.9. The molecule has 1 N–H and O–H groups in total.